The normalized spacial score (nSPS) is 15.1. The molecule has 0 aromatic heterocycles. The summed E-state index contributed by atoms with van der Waals surface area (Å²) in [5.41, 5.74) is 1.39. The molecule has 132 valence electrons. The van der Waals surface area contributed by atoms with Gasteiger partial charge in [-0.1, -0.05) is 36.4 Å². The molecule has 0 bridgehead atoms. The van der Waals surface area contributed by atoms with E-state index in [0.29, 0.717) is 12.3 Å². The number of methoxy groups -OCH3 is 1. The number of ether oxygens (including phenoxy) is 3. The zero-order valence-corrected chi connectivity index (χ0v) is 14.7. The highest BCUT2D eigenvalue weighted by atomic mass is 16.7. The molecule has 1 N–H and O–H groups in total. The summed E-state index contributed by atoms with van der Waals surface area (Å²) >= 11 is 0. The van der Waals surface area contributed by atoms with E-state index in [1.165, 1.54) is 7.11 Å². The fraction of sp³-hybridized carbons (Fsp3) is 0.350. The Morgan fingerprint density at radius 2 is 1.88 bits per heavy atom. The van der Waals surface area contributed by atoms with E-state index in [-0.39, 0.29) is 6.79 Å². The number of aliphatic hydroxyl groups excluding tert-OH is 1. The van der Waals surface area contributed by atoms with Gasteiger partial charge in [0.2, 0.25) is 12.7 Å². The van der Waals surface area contributed by atoms with Crippen molar-refractivity contribution in [1.29, 1.82) is 0 Å². The van der Waals surface area contributed by atoms with Gasteiger partial charge in [0, 0.05) is 0 Å². The maximum absolute atomic E-state index is 10.5. The van der Waals surface area contributed by atoms with E-state index in [1.54, 1.807) is 0 Å². The second-order valence-electron chi connectivity index (χ2n) is 6.64. The van der Waals surface area contributed by atoms with Crippen molar-refractivity contribution in [2.45, 2.75) is 31.9 Å². The molecule has 3 rings (SSSR count). The Bertz CT molecular complexity index is 756. The van der Waals surface area contributed by atoms with Crippen molar-refractivity contribution in [3.05, 3.63) is 59.7 Å². The van der Waals surface area contributed by atoms with Crippen molar-refractivity contribution in [2.24, 2.45) is 4.99 Å². The van der Waals surface area contributed by atoms with Crippen LogP contribution >= 0.6 is 0 Å². The third-order valence-electron chi connectivity index (χ3n) is 4.04. The lowest BCUT2D eigenvalue weighted by Crippen LogP contribution is -2.26. The van der Waals surface area contributed by atoms with Crippen LogP contribution in [0.25, 0.3) is 0 Å². The Balaban J connectivity index is 1.79. The van der Waals surface area contributed by atoms with Gasteiger partial charge in [-0.2, -0.15) is 0 Å². The molecule has 1 unspecified atom stereocenters. The minimum absolute atomic E-state index is 0.261. The number of fused-ring (bicyclic) bond motifs is 1. The van der Waals surface area contributed by atoms with Crippen molar-refractivity contribution >= 4 is 5.90 Å². The average molecular weight is 341 g/mol. The summed E-state index contributed by atoms with van der Waals surface area (Å²) in [6, 6.07) is 15.3. The quantitative estimate of drug-likeness (QED) is 0.668. The molecular weight excluding hydrogens is 318 g/mol. The van der Waals surface area contributed by atoms with Gasteiger partial charge < -0.3 is 19.3 Å². The maximum Gasteiger partial charge on any atom is 0.231 e. The number of aliphatic hydroxyl groups is 1. The summed E-state index contributed by atoms with van der Waals surface area (Å²) in [5, 5.41) is 10.5. The van der Waals surface area contributed by atoms with E-state index < -0.39 is 11.6 Å². The molecule has 0 spiro atoms. The van der Waals surface area contributed by atoms with E-state index in [4.69, 9.17) is 14.2 Å². The lowest BCUT2D eigenvalue weighted by molar-refractivity contribution is 0.174. The number of benzene rings is 2. The molecule has 5 nitrogen and oxygen atoms in total. The second-order valence-corrected chi connectivity index (χ2v) is 6.64. The number of hydrogen-bond donors (Lipinski definition) is 1. The van der Waals surface area contributed by atoms with Gasteiger partial charge in [0.1, 0.15) is 0 Å². The van der Waals surface area contributed by atoms with Gasteiger partial charge in [0.05, 0.1) is 12.6 Å². The largest absolute Gasteiger partial charge is 0.482 e. The van der Waals surface area contributed by atoms with E-state index in [2.05, 4.69) is 4.99 Å². The highest BCUT2D eigenvalue weighted by Crippen LogP contribution is 2.34. The molecule has 25 heavy (non-hydrogen) atoms. The van der Waals surface area contributed by atoms with Crippen LogP contribution in [-0.4, -0.2) is 30.4 Å². The van der Waals surface area contributed by atoms with Gasteiger partial charge in [-0.3, -0.25) is 0 Å². The molecule has 1 aliphatic heterocycles. The van der Waals surface area contributed by atoms with Crippen molar-refractivity contribution in [1.82, 2.24) is 0 Å². The SMILES string of the molecule is COC(=NC(C)(C)Cc1ccc2c(c1)OCO2)C(O)c1ccccc1. The second kappa shape index (κ2) is 7.15. The molecule has 2 aromatic carbocycles. The first-order valence-corrected chi connectivity index (χ1v) is 8.24. The summed E-state index contributed by atoms with van der Waals surface area (Å²) in [5.74, 6) is 1.83. The van der Waals surface area contributed by atoms with Crippen LogP contribution in [0.1, 0.15) is 31.1 Å². The first-order chi connectivity index (χ1) is 12.0. The number of nitrogens with zero attached hydrogens (tertiary/aromatic N) is 1. The molecule has 1 heterocycles. The molecular formula is C20H23NO4. The van der Waals surface area contributed by atoms with Crippen molar-refractivity contribution in [3.63, 3.8) is 0 Å². The average Bonchev–Trinajstić information content (AvgIpc) is 3.07. The highest BCUT2D eigenvalue weighted by molar-refractivity contribution is 5.82. The van der Waals surface area contributed by atoms with Gasteiger partial charge >= 0.3 is 0 Å². The van der Waals surface area contributed by atoms with Crippen LogP contribution in [0.3, 0.4) is 0 Å². The standard InChI is InChI=1S/C20H23NO4/c1-20(2,12-14-9-10-16-17(11-14)25-13-24-16)21-19(23-3)18(22)15-7-5-4-6-8-15/h4-11,18,22H,12-13H2,1-3H3. The van der Waals surface area contributed by atoms with Crippen LogP contribution in [-0.2, 0) is 11.2 Å². The minimum atomic E-state index is -0.887. The van der Waals surface area contributed by atoms with Gasteiger partial charge in [-0.15, -0.1) is 0 Å². The van der Waals surface area contributed by atoms with Gasteiger partial charge in [0.15, 0.2) is 17.6 Å². The molecule has 0 saturated carbocycles. The Labute approximate surface area is 147 Å². The van der Waals surface area contributed by atoms with Crippen molar-refractivity contribution in [3.8, 4) is 11.5 Å². The molecule has 2 aromatic rings. The van der Waals surface area contributed by atoms with E-state index >= 15 is 0 Å². The Hall–Kier alpha value is -2.53. The lowest BCUT2D eigenvalue weighted by atomic mass is 9.95. The van der Waals surface area contributed by atoms with E-state index in [1.807, 2.05) is 62.4 Å². The predicted octanol–water partition coefficient (Wildman–Crippen LogP) is 3.51. The van der Waals surface area contributed by atoms with Crippen molar-refractivity contribution in [2.75, 3.05) is 13.9 Å². The Morgan fingerprint density at radius 3 is 2.60 bits per heavy atom. The molecule has 0 radical (unpaired) electrons. The summed E-state index contributed by atoms with van der Waals surface area (Å²) in [7, 11) is 1.53. The Morgan fingerprint density at radius 1 is 1.16 bits per heavy atom. The van der Waals surface area contributed by atoms with Gasteiger partial charge in [-0.25, -0.2) is 4.99 Å². The van der Waals surface area contributed by atoms with Crippen molar-refractivity contribution < 1.29 is 19.3 Å². The maximum atomic E-state index is 10.5. The fourth-order valence-corrected chi connectivity index (χ4v) is 2.88. The molecule has 1 aliphatic rings. The minimum Gasteiger partial charge on any atom is -0.482 e. The number of aliphatic imine (C=N–C) groups is 1. The third kappa shape index (κ3) is 4.12. The zero-order chi connectivity index (χ0) is 17.9. The van der Waals surface area contributed by atoms with Gasteiger partial charge in [0.25, 0.3) is 0 Å². The van der Waals surface area contributed by atoms with E-state index in [0.717, 1.165) is 22.6 Å². The van der Waals surface area contributed by atoms with Crippen LogP contribution in [0.5, 0.6) is 11.5 Å². The topological polar surface area (TPSA) is 60.3 Å². The molecule has 0 fully saturated rings. The summed E-state index contributed by atoms with van der Waals surface area (Å²) in [6.07, 6.45) is -0.208. The smallest absolute Gasteiger partial charge is 0.231 e. The fourth-order valence-electron chi connectivity index (χ4n) is 2.88. The third-order valence-corrected chi connectivity index (χ3v) is 4.04. The first-order valence-electron chi connectivity index (χ1n) is 8.24. The van der Waals surface area contributed by atoms with Gasteiger partial charge in [-0.05, 0) is 43.5 Å². The molecule has 1 atom stereocenters. The molecule has 0 amide bonds. The molecule has 0 aliphatic carbocycles. The number of rotatable bonds is 5. The van der Waals surface area contributed by atoms with Crippen LogP contribution < -0.4 is 9.47 Å². The first kappa shape index (κ1) is 17.3. The Kier molecular flexibility index (Phi) is 4.95. The molecule has 5 heteroatoms. The molecule has 0 saturated heterocycles. The van der Waals surface area contributed by atoms with Crippen LogP contribution in [0.4, 0.5) is 0 Å². The summed E-state index contributed by atoms with van der Waals surface area (Å²) in [6.45, 7) is 4.28. The summed E-state index contributed by atoms with van der Waals surface area (Å²) in [4.78, 5) is 4.66. The number of hydrogen-bond acceptors (Lipinski definition) is 5. The highest BCUT2D eigenvalue weighted by Gasteiger charge is 2.24. The van der Waals surface area contributed by atoms with Crippen LogP contribution in [0.15, 0.2) is 53.5 Å². The summed E-state index contributed by atoms with van der Waals surface area (Å²) < 4.78 is 16.1. The monoisotopic (exact) mass is 341 g/mol. The zero-order valence-electron chi connectivity index (χ0n) is 14.7. The van der Waals surface area contributed by atoms with E-state index in [9.17, 15) is 5.11 Å². The lowest BCUT2D eigenvalue weighted by Gasteiger charge is -2.23. The van der Waals surface area contributed by atoms with Crippen LogP contribution in [0, 0.1) is 0 Å². The predicted molar refractivity (Wildman–Crippen MR) is 96.2 cm³/mol. The van der Waals surface area contributed by atoms with Crippen LogP contribution in [0.2, 0.25) is 0 Å².